The van der Waals surface area contributed by atoms with Crippen LogP contribution in [0.2, 0.25) is 0 Å². The van der Waals surface area contributed by atoms with E-state index in [9.17, 15) is 27.2 Å². The molecule has 1 unspecified atom stereocenters. The summed E-state index contributed by atoms with van der Waals surface area (Å²) in [5.74, 6) is -1.14. The van der Waals surface area contributed by atoms with Crippen molar-refractivity contribution in [3.63, 3.8) is 0 Å². The van der Waals surface area contributed by atoms with Crippen LogP contribution in [-0.4, -0.2) is 81.5 Å². The van der Waals surface area contributed by atoms with E-state index in [-0.39, 0.29) is 24.5 Å². The van der Waals surface area contributed by atoms with E-state index < -0.39 is 24.0 Å². The van der Waals surface area contributed by atoms with Crippen molar-refractivity contribution in [1.29, 1.82) is 0 Å². The van der Waals surface area contributed by atoms with Crippen molar-refractivity contribution in [1.82, 2.24) is 24.5 Å². The molecule has 9 nitrogen and oxygen atoms in total. The third-order valence-electron chi connectivity index (χ3n) is 7.36. The number of rotatable bonds is 7. The molecular weight excluding hydrogens is 508 g/mol. The number of carbonyl (C=O) groups is 2. The van der Waals surface area contributed by atoms with Gasteiger partial charge in [0.05, 0.1) is 12.2 Å². The summed E-state index contributed by atoms with van der Waals surface area (Å²) >= 11 is 0. The number of amides is 3. The first-order valence-electron chi connectivity index (χ1n) is 12.6. The first-order chi connectivity index (χ1) is 18.0. The van der Waals surface area contributed by atoms with E-state index in [4.69, 9.17) is 0 Å². The molecule has 5 rings (SSSR count). The number of nitrogens with one attached hydrogen (secondary N) is 1. The van der Waals surface area contributed by atoms with Gasteiger partial charge in [-0.15, -0.1) is 13.2 Å². The molecule has 1 aliphatic carbocycles. The van der Waals surface area contributed by atoms with Crippen LogP contribution in [0.25, 0.3) is 0 Å². The van der Waals surface area contributed by atoms with Gasteiger partial charge in [0.25, 0.3) is 0 Å². The van der Waals surface area contributed by atoms with Gasteiger partial charge >= 0.3 is 12.4 Å². The molecule has 0 bridgehead atoms. The molecule has 3 amide bonds. The average Bonchev–Trinajstić information content (AvgIpc) is 3.57. The van der Waals surface area contributed by atoms with Crippen molar-refractivity contribution in [2.75, 3.05) is 32.0 Å². The number of ether oxygens (including phenoxy) is 1. The van der Waals surface area contributed by atoms with Crippen molar-refractivity contribution in [3.05, 3.63) is 41.3 Å². The number of benzene rings is 1. The van der Waals surface area contributed by atoms with E-state index in [1.807, 2.05) is 11.0 Å². The third kappa shape index (κ3) is 5.71. The second-order valence-electron chi connectivity index (χ2n) is 10.2. The molecule has 3 aliphatic rings. The zero-order chi connectivity index (χ0) is 27.2. The number of hydrogen-bond acceptors (Lipinski definition) is 5. The normalized spacial score (nSPS) is 21.3. The minimum atomic E-state index is -4.96. The fraction of sp³-hybridized carbons (Fsp3) is 0.560. The highest BCUT2D eigenvalue weighted by Gasteiger charge is 2.44. The van der Waals surface area contributed by atoms with Crippen molar-refractivity contribution in [3.8, 4) is 5.75 Å². The maximum absolute atomic E-state index is 14.1. The van der Waals surface area contributed by atoms with Crippen molar-refractivity contribution in [2.45, 2.75) is 56.6 Å². The first kappa shape index (κ1) is 26.3. The van der Waals surface area contributed by atoms with Gasteiger partial charge in [0.15, 0.2) is 11.6 Å². The number of hydrogen-bond donors (Lipinski definition) is 1. The fourth-order valence-electron chi connectivity index (χ4n) is 5.23. The molecule has 1 N–H and O–H groups in total. The lowest BCUT2D eigenvalue weighted by Crippen LogP contribution is -2.52. The molecule has 3 fully saturated rings. The van der Waals surface area contributed by atoms with Crippen LogP contribution in [-0.2, 0) is 18.4 Å². The van der Waals surface area contributed by atoms with Crippen LogP contribution < -0.4 is 10.1 Å². The Kier molecular flexibility index (Phi) is 6.97. The number of nitrogens with zero attached hydrogens (tertiary/aromatic N) is 5. The summed E-state index contributed by atoms with van der Waals surface area (Å²) in [6.07, 6.45) is -1.54. The molecule has 1 aromatic heterocycles. The average molecular weight is 539 g/mol. The Labute approximate surface area is 217 Å². The Morgan fingerprint density at radius 2 is 1.84 bits per heavy atom. The monoisotopic (exact) mass is 538 g/mol. The highest BCUT2D eigenvalue weighted by atomic mass is 19.4. The van der Waals surface area contributed by atoms with Gasteiger partial charge in [0.2, 0.25) is 5.91 Å². The summed E-state index contributed by atoms with van der Waals surface area (Å²) in [6.45, 7) is 1.80. The Balaban J connectivity index is 1.19. The smallest absolute Gasteiger partial charge is 0.403 e. The second kappa shape index (κ2) is 10.1. The number of halogens is 4. The van der Waals surface area contributed by atoms with E-state index in [1.54, 1.807) is 28.6 Å². The Morgan fingerprint density at radius 1 is 1.13 bits per heavy atom. The summed E-state index contributed by atoms with van der Waals surface area (Å²) in [4.78, 5) is 31.5. The zero-order valence-electron chi connectivity index (χ0n) is 21.2. The van der Waals surface area contributed by atoms with E-state index >= 15 is 0 Å². The molecule has 0 spiro atoms. The van der Waals surface area contributed by atoms with Gasteiger partial charge in [0, 0.05) is 51.8 Å². The number of likely N-dealkylation sites (tertiary alicyclic amines) is 1. The minimum Gasteiger partial charge on any atom is -0.403 e. The molecule has 13 heteroatoms. The molecule has 0 radical (unpaired) electrons. The standard InChI is InChI=1S/C25H30F4N6O3/c1-32-14-20(23(36)30-22-12-19(16-4-5-16)31-33(22)2)35(24(32)37)17-7-9-34(10-8-17)13-15-3-6-21(18(26)11-15)38-25(27,28)29/h3,6,11-12,16-17,20H,4-5,7-10,13-14H2,1-2H3,(H,30,36). The lowest BCUT2D eigenvalue weighted by atomic mass is 10.0. The fourth-order valence-corrected chi connectivity index (χ4v) is 5.23. The lowest BCUT2D eigenvalue weighted by Gasteiger charge is -2.38. The Hall–Kier alpha value is -3.35. The van der Waals surface area contributed by atoms with Crippen LogP contribution >= 0.6 is 0 Å². The van der Waals surface area contributed by atoms with Crippen LogP contribution in [0.4, 0.5) is 28.2 Å². The highest BCUT2D eigenvalue weighted by molar-refractivity contribution is 5.98. The zero-order valence-corrected chi connectivity index (χ0v) is 21.2. The summed E-state index contributed by atoms with van der Waals surface area (Å²) in [5.41, 5.74) is 1.49. The SMILES string of the molecule is CN1CC(C(=O)Nc2cc(C3CC3)nn2C)N(C2CCN(Cc3ccc(OC(F)(F)F)c(F)c3)CC2)C1=O. The predicted octanol–water partition coefficient (Wildman–Crippen LogP) is 3.67. The van der Waals surface area contributed by atoms with Gasteiger partial charge in [-0.05, 0) is 43.4 Å². The quantitative estimate of drug-likeness (QED) is 0.544. The number of carbonyl (C=O) groups excluding carboxylic acids is 2. The number of alkyl halides is 3. The highest BCUT2D eigenvalue weighted by Crippen LogP contribution is 2.40. The summed E-state index contributed by atoms with van der Waals surface area (Å²) < 4.78 is 56.6. The molecule has 1 atom stereocenters. The lowest BCUT2D eigenvalue weighted by molar-refractivity contribution is -0.275. The largest absolute Gasteiger partial charge is 0.573 e. The summed E-state index contributed by atoms with van der Waals surface area (Å²) in [5, 5.41) is 7.43. The molecule has 1 saturated carbocycles. The molecule has 206 valence electrons. The van der Waals surface area contributed by atoms with Crippen molar-refractivity contribution < 1.29 is 31.9 Å². The van der Waals surface area contributed by atoms with Crippen LogP contribution in [0.15, 0.2) is 24.3 Å². The number of urea groups is 1. The van der Waals surface area contributed by atoms with E-state index in [0.717, 1.165) is 30.7 Å². The Bertz CT molecular complexity index is 1210. The summed E-state index contributed by atoms with van der Waals surface area (Å²) in [6, 6.07) is 4.33. The second-order valence-corrected chi connectivity index (χ2v) is 10.2. The minimum absolute atomic E-state index is 0.146. The van der Waals surface area contributed by atoms with Crippen LogP contribution in [0.3, 0.4) is 0 Å². The van der Waals surface area contributed by atoms with Crippen LogP contribution in [0.1, 0.15) is 42.9 Å². The maximum atomic E-state index is 14.1. The molecule has 3 heterocycles. The van der Waals surface area contributed by atoms with Gasteiger partial charge in [-0.25, -0.2) is 9.18 Å². The van der Waals surface area contributed by atoms with Gasteiger partial charge < -0.3 is 19.9 Å². The van der Waals surface area contributed by atoms with Gasteiger partial charge in [-0.3, -0.25) is 14.4 Å². The van der Waals surface area contributed by atoms with Crippen molar-refractivity contribution >= 4 is 17.8 Å². The molecule has 38 heavy (non-hydrogen) atoms. The van der Waals surface area contributed by atoms with Gasteiger partial charge in [-0.2, -0.15) is 5.10 Å². The van der Waals surface area contributed by atoms with Gasteiger partial charge in [-0.1, -0.05) is 6.07 Å². The van der Waals surface area contributed by atoms with E-state index in [1.165, 1.54) is 6.07 Å². The predicted molar refractivity (Wildman–Crippen MR) is 129 cm³/mol. The third-order valence-corrected chi connectivity index (χ3v) is 7.36. The number of aromatic nitrogens is 2. The maximum Gasteiger partial charge on any atom is 0.573 e. The number of anilines is 1. The van der Waals surface area contributed by atoms with E-state index in [2.05, 4.69) is 15.2 Å². The Morgan fingerprint density at radius 3 is 2.47 bits per heavy atom. The molecule has 2 aromatic rings. The van der Waals surface area contributed by atoms with Crippen LogP contribution in [0, 0.1) is 5.82 Å². The first-order valence-corrected chi connectivity index (χ1v) is 12.6. The molecule has 2 aliphatic heterocycles. The number of likely N-dealkylation sites (N-methyl/N-ethyl adjacent to an activating group) is 1. The topological polar surface area (TPSA) is 82.9 Å². The van der Waals surface area contributed by atoms with Gasteiger partial charge in [0.1, 0.15) is 11.9 Å². The number of aryl methyl sites for hydroxylation is 1. The summed E-state index contributed by atoms with van der Waals surface area (Å²) in [7, 11) is 3.46. The van der Waals surface area contributed by atoms with Crippen LogP contribution in [0.5, 0.6) is 5.75 Å². The van der Waals surface area contributed by atoms with Crippen molar-refractivity contribution in [2.24, 2.45) is 7.05 Å². The van der Waals surface area contributed by atoms with E-state index in [0.29, 0.717) is 49.8 Å². The molecule has 2 saturated heterocycles. The number of piperidine rings is 1. The molecule has 1 aromatic carbocycles. The molecular formula is C25H30F4N6O3.